The maximum absolute atomic E-state index is 12.4. The Labute approximate surface area is 159 Å². The van der Waals surface area contributed by atoms with Crippen molar-refractivity contribution >= 4 is 21.7 Å². The summed E-state index contributed by atoms with van der Waals surface area (Å²) in [5.74, 6) is -1.11. The summed E-state index contributed by atoms with van der Waals surface area (Å²) in [5, 5.41) is 8.41. The molecule has 2 aromatic rings. The van der Waals surface area contributed by atoms with Crippen molar-refractivity contribution in [2.75, 3.05) is 7.05 Å². The summed E-state index contributed by atoms with van der Waals surface area (Å²) in [7, 11) is -1.65. The highest BCUT2D eigenvalue weighted by Crippen LogP contribution is 2.17. The van der Waals surface area contributed by atoms with Gasteiger partial charge in [-0.1, -0.05) is 24.3 Å². The predicted octanol–water partition coefficient (Wildman–Crippen LogP) is 2.77. The molecule has 144 valence electrons. The minimum Gasteiger partial charge on any atom is -0.478 e. The lowest BCUT2D eigenvalue weighted by atomic mass is 10.1. The van der Waals surface area contributed by atoms with Gasteiger partial charge in [0.2, 0.25) is 5.91 Å². The van der Waals surface area contributed by atoms with Gasteiger partial charge in [0, 0.05) is 13.6 Å². The lowest BCUT2D eigenvalue weighted by Crippen LogP contribution is -2.27. The largest absolute Gasteiger partial charge is 0.478 e. The van der Waals surface area contributed by atoms with E-state index in [1.54, 1.807) is 50.1 Å². The van der Waals surface area contributed by atoms with E-state index in [9.17, 15) is 18.0 Å². The Bertz CT molecular complexity index is 916. The average Bonchev–Trinajstić information content (AvgIpc) is 2.62. The molecule has 2 aromatic carbocycles. The second kappa shape index (κ2) is 8.35. The van der Waals surface area contributed by atoms with Gasteiger partial charge in [-0.05, 0) is 49.2 Å². The zero-order valence-electron chi connectivity index (χ0n) is 15.5. The van der Waals surface area contributed by atoms with Gasteiger partial charge < -0.3 is 10.0 Å². The second-order valence-electron chi connectivity index (χ2n) is 6.67. The number of rotatable bonds is 7. The molecule has 0 aliphatic heterocycles. The smallest absolute Gasteiger partial charge is 0.335 e. The van der Waals surface area contributed by atoms with Gasteiger partial charge >= 0.3 is 5.97 Å². The third kappa shape index (κ3) is 5.17. The van der Waals surface area contributed by atoms with Crippen LogP contribution < -0.4 is 0 Å². The Balaban J connectivity index is 2.00. The highest BCUT2D eigenvalue weighted by molar-refractivity contribution is 7.92. The number of carbonyl (C=O) groups excluding carboxylic acids is 1. The molecule has 2 rings (SSSR count). The van der Waals surface area contributed by atoms with Crippen molar-refractivity contribution in [1.82, 2.24) is 4.90 Å². The number of likely N-dealkylation sites (N-methyl/N-ethyl adjacent to an activating group) is 1. The molecule has 1 N–H and O–H groups in total. The minimum atomic E-state index is -3.33. The number of benzene rings is 2. The third-order valence-electron chi connectivity index (χ3n) is 4.27. The lowest BCUT2D eigenvalue weighted by molar-refractivity contribution is -0.129. The van der Waals surface area contributed by atoms with Gasteiger partial charge in [0.15, 0.2) is 9.84 Å². The molecule has 1 amide bonds. The van der Waals surface area contributed by atoms with Gasteiger partial charge in [0.25, 0.3) is 0 Å². The van der Waals surface area contributed by atoms with Crippen LogP contribution in [-0.2, 0) is 27.6 Å². The number of aromatic carboxylic acids is 1. The van der Waals surface area contributed by atoms with Crippen molar-refractivity contribution < 1.29 is 23.1 Å². The molecule has 0 radical (unpaired) electrons. The predicted molar refractivity (Wildman–Crippen MR) is 102 cm³/mol. The molecule has 0 aliphatic rings. The maximum atomic E-state index is 12.4. The Morgan fingerprint density at radius 2 is 1.48 bits per heavy atom. The van der Waals surface area contributed by atoms with Crippen molar-refractivity contribution in [2.45, 2.75) is 37.0 Å². The van der Waals surface area contributed by atoms with Crippen LogP contribution in [0.5, 0.6) is 0 Å². The van der Waals surface area contributed by atoms with E-state index in [0.29, 0.717) is 6.54 Å². The number of amides is 1. The quantitative estimate of drug-likeness (QED) is 0.786. The summed E-state index contributed by atoms with van der Waals surface area (Å²) in [5.41, 5.74) is 1.76. The Morgan fingerprint density at radius 1 is 0.963 bits per heavy atom. The molecule has 0 aliphatic carbocycles. The fraction of sp³-hybridized carbons (Fsp3) is 0.300. The maximum Gasteiger partial charge on any atom is 0.335 e. The lowest BCUT2D eigenvalue weighted by Gasteiger charge is -2.17. The summed E-state index contributed by atoms with van der Waals surface area (Å²) in [6.07, 6.45) is 0.158. The van der Waals surface area contributed by atoms with Crippen molar-refractivity contribution in [1.29, 1.82) is 0 Å². The zero-order chi connectivity index (χ0) is 20.2. The molecule has 0 bridgehead atoms. The van der Waals surface area contributed by atoms with E-state index in [1.165, 1.54) is 24.3 Å². The van der Waals surface area contributed by atoms with Crippen molar-refractivity contribution in [3.05, 3.63) is 65.2 Å². The van der Waals surface area contributed by atoms with Crippen molar-refractivity contribution in [2.24, 2.45) is 0 Å². The van der Waals surface area contributed by atoms with E-state index >= 15 is 0 Å². The highest BCUT2D eigenvalue weighted by atomic mass is 32.2. The third-order valence-corrected chi connectivity index (χ3v) is 6.44. The summed E-state index contributed by atoms with van der Waals surface area (Å²) in [6.45, 7) is 3.62. The number of hydrogen-bond acceptors (Lipinski definition) is 4. The summed E-state index contributed by atoms with van der Waals surface area (Å²) < 4.78 is 24.3. The van der Waals surface area contributed by atoms with Crippen LogP contribution in [0, 0.1) is 0 Å². The first kappa shape index (κ1) is 20.6. The second-order valence-corrected chi connectivity index (χ2v) is 9.17. The fourth-order valence-electron chi connectivity index (χ4n) is 2.49. The van der Waals surface area contributed by atoms with Crippen LogP contribution in [0.15, 0.2) is 53.4 Å². The highest BCUT2D eigenvalue weighted by Gasteiger charge is 2.19. The Morgan fingerprint density at radius 3 is 1.96 bits per heavy atom. The molecule has 0 fully saturated rings. The molecule has 0 saturated heterocycles. The van der Waals surface area contributed by atoms with Crippen molar-refractivity contribution in [3.8, 4) is 0 Å². The molecule has 6 nitrogen and oxygen atoms in total. The molecule has 0 atom stereocenters. The Hall–Kier alpha value is -2.67. The molecule has 7 heteroatoms. The Kier molecular flexibility index (Phi) is 6.38. The van der Waals surface area contributed by atoms with E-state index < -0.39 is 21.1 Å². The number of carbonyl (C=O) groups is 2. The number of nitrogens with zero attached hydrogens (tertiary/aromatic N) is 1. The van der Waals surface area contributed by atoms with Gasteiger partial charge in [-0.2, -0.15) is 0 Å². The first-order valence-electron chi connectivity index (χ1n) is 8.50. The fourth-order valence-corrected chi connectivity index (χ4v) is 3.55. The monoisotopic (exact) mass is 389 g/mol. The minimum absolute atomic E-state index is 0.114. The van der Waals surface area contributed by atoms with E-state index in [4.69, 9.17) is 5.11 Å². The molecule has 27 heavy (non-hydrogen) atoms. The SMILES string of the molecule is CC(C)S(=O)(=O)c1ccc(CC(=O)N(C)Cc2ccc(C(=O)O)cc2)cc1. The zero-order valence-corrected chi connectivity index (χ0v) is 16.4. The van der Waals surface area contributed by atoms with Gasteiger partial charge in [0.05, 0.1) is 22.1 Å². The molecular formula is C20H23NO5S. The summed E-state index contributed by atoms with van der Waals surface area (Å²) in [6, 6.07) is 12.7. The van der Waals surface area contributed by atoms with Crippen LogP contribution >= 0.6 is 0 Å². The molecular weight excluding hydrogens is 366 g/mol. The van der Waals surface area contributed by atoms with E-state index in [-0.39, 0.29) is 22.8 Å². The van der Waals surface area contributed by atoms with E-state index in [1.807, 2.05) is 0 Å². The van der Waals surface area contributed by atoms with Gasteiger partial charge in [-0.3, -0.25) is 4.79 Å². The van der Waals surface area contributed by atoms with Gasteiger partial charge in [0.1, 0.15) is 0 Å². The molecule has 0 unspecified atom stereocenters. The van der Waals surface area contributed by atoms with Crippen LogP contribution in [0.1, 0.15) is 35.3 Å². The number of carboxylic acids is 1. The van der Waals surface area contributed by atoms with Crippen LogP contribution in [0.4, 0.5) is 0 Å². The molecule has 0 spiro atoms. The summed E-state index contributed by atoms with van der Waals surface area (Å²) >= 11 is 0. The van der Waals surface area contributed by atoms with Crippen LogP contribution in [0.2, 0.25) is 0 Å². The van der Waals surface area contributed by atoms with Crippen LogP contribution in [0.25, 0.3) is 0 Å². The normalized spacial score (nSPS) is 11.4. The summed E-state index contributed by atoms with van der Waals surface area (Å²) in [4.78, 5) is 25.1. The molecule has 0 aromatic heterocycles. The molecule has 0 heterocycles. The number of sulfone groups is 1. The van der Waals surface area contributed by atoms with Crippen molar-refractivity contribution in [3.63, 3.8) is 0 Å². The van der Waals surface area contributed by atoms with Crippen LogP contribution in [-0.4, -0.2) is 42.6 Å². The number of hydrogen-bond donors (Lipinski definition) is 1. The first-order chi connectivity index (χ1) is 12.6. The number of carboxylic acid groups (broad SMARTS) is 1. The van der Waals surface area contributed by atoms with E-state index in [0.717, 1.165) is 11.1 Å². The molecule has 0 saturated carbocycles. The average molecular weight is 389 g/mol. The van der Waals surface area contributed by atoms with E-state index in [2.05, 4.69) is 0 Å². The topological polar surface area (TPSA) is 91.8 Å². The standard InChI is InChI=1S/C20H23NO5S/c1-14(2)27(25,26)18-10-6-15(7-11-18)12-19(22)21(3)13-16-4-8-17(9-5-16)20(23)24/h4-11,14H,12-13H2,1-3H3,(H,23,24). The first-order valence-corrected chi connectivity index (χ1v) is 10.0. The van der Waals surface area contributed by atoms with Gasteiger partial charge in [-0.15, -0.1) is 0 Å². The van der Waals surface area contributed by atoms with Crippen LogP contribution in [0.3, 0.4) is 0 Å². The van der Waals surface area contributed by atoms with Gasteiger partial charge in [-0.25, -0.2) is 13.2 Å².